The third-order valence-electron chi connectivity index (χ3n) is 1.43. The molecule has 0 radical (unpaired) electrons. The molecule has 0 aromatic rings. The Bertz CT molecular complexity index is 104. The van der Waals surface area contributed by atoms with Gasteiger partial charge in [0.05, 0.1) is 0 Å². The van der Waals surface area contributed by atoms with Crippen molar-refractivity contribution in [1.29, 1.82) is 0 Å². The molecule has 0 rings (SSSR count). The van der Waals surface area contributed by atoms with Crippen molar-refractivity contribution in [3.8, 4) is 0 Å². The van der Waals surface area contributed by atoms with Gasteiger partial charge in [-0.2, -0.15) is 0 Å². The van der Waals surface area contributed by atoms with Crippen molar-refractivity contribution in [2.45, 2.75) is 6.92 Å². The molecule has 0 atom stereocenters. The highest BCUT2D eigenvalue weighted by atomic mass is 35.5. The standard InChI is InChI=1S/C8H17ClN2/c1-3-10-6-8-11(2)7-4-5-9/h4-5,10H,3,6-8H2,1-2H3/b5-4+. The molecule has 0 amide bonds. The van der Waals surface area contributed by atoms with Crippen LogP contribution >= 0.6 is 11.6 Å². The molecule has 11 heavy (non-hydrogen) atoms. The fourth-order valence-electron chi connectivity index (χ4n) is 0.758. The monoisotopic (exact) mass is 176 g/mol. The highest BCUT2D eigenvalue weighted by Crippen LogP contribution is 1.84. The second kappa shape index (κ2) is 8.05. The first-order chi connectivity index (χ1) is 5.31. The Kier molecular flexibility index (Phi) is 8.01. The summed E-state index contributed by atoms with van der Waals surface area (Å²) in [4.78, 5) is 2.21. The minimum absolute atomic E-state index is 0.925. The van der Waals surface area contributed by atoms with Crippen LogP contribution in [0.4, 0.5) is 0 Å². The Morgan fingerprint density at radius 1 is 1.55 bits per heavy atom. The summed E-state index contributed by atoms with van der Waals surface area (Å²) < 4.78 is 0. The first-order valence-electron chi connectivity index (χ1n) is 3.95. The van der Waals surface area contributed by atoms with Gasteiger partial charge in [-0.15, -0.1) is 0 Å². The summed E-state index contributed by atoms with van der Waals surface area (Å²) in [7, 11) is 2.08. The molecular formula is C8H17ClN2. The summed E-state index contributed by atoms with van der Waals surface area (Å²) in [5, 5.41) is 3.26. The van der Waals surface area contributed by atoms with Crippen LogP contribution in [0.1, 0.15) is 6.92 Å². The van der Waals surface area contributed by atoms with Crippen LogP contribution in [0.25, 0.3) is 0 Å². The Labute approximate surface area is 74.2 Å². The van der Waals surface area contributed by atoms with Gasteiger partial charge >= 0.3 is 0 Å². The van der Waals surface area contributed by atoms with E-state index in [0.29, 0.717) is 0 Å². The molecule has 0 unspecified atom stereocenters. The van der Waals surface area contributed by atoms with Crippen molar-refractivity contribution in [3.63, 3.8) is 0 Å². The quantitative estimate of drug-likeness (QED) is 0.614. The summed E-state index contributed by atoms with van der Waals surface area (Å²) in [6.07, 6.45) is 1.94. The van der Waals surface area contributed by atoms with Crippen molar-refractivity contribution in [1.82, 2.24) is 10.2 Å². The van der Waals surface area contributed by atoms with Crippen LogP contribution in [0.15, 0.2) is 11.6 Å². The van der Waals surface area contributed by atoms with Gasteiger partial charge in [0.2, 0.25) is 0 Å². The zero-order valence-corrected chi connectivity index (χ0v) is 8.06. The molecule has 0 aromatic heterocycles. The van der Waals surface area contributed by atoms with Crippen LogP contribution in [-0.2, 0) is 0 Å². The predicted molar refractivity (Wildman–Crippen MR) is 51.0 cm³/mol. The lowest BCUT2D eigenvalue weighted by atomic mass is 10.5. The molecule has 0 aliphatic rings. The molecule has 2 nitrogen and oxygen atoms in total. The van der Waals surface area contributed by atoms with Gasteiger partial charge < -0.3 is 10.2 Å². The minimum atomic E-state index is 0.925. The van der Waals surface area contributed by atoms with E-state index in [0.717, 1.165) is 26.2 Å². The third-order valence-corrected chi connectivity index (χ3v) is 1.60. The van der Waals surface area contributed by atoms with Crippen LogP contribution in [0.2, 0.25) is 0 Å². The van der Waals surface area contributed by atoms with Gasteiger partial charge in [-0.25, -0.2) is 0 Å². The van der Waals surface area contributed by atoms with E-state index in [1.54, 1.807) is 5.54 Å². The summed E-state index contributed by atoms with van der Waals surface area (Å²) in [5.74, 6) is 0. The van der Waals surface area contributed by atoms with E-state index >= 15 is 0 Å². The maximum atomic E-state index is 5.38. The lowest BCUT2D eigenvalue weighted by Gasteiger charge is -2.13. The fraction of sp³-hybridized carbons (Fsp3) is 0.750. The van der Waals surface area contributed by atoms with Crippen molar-refractivity contribution in [2.75, 3.05) is 33.2 Å². The zero-order valence-electron chi connectivity index (χ0n) is 7.31. The van der Waals surface area contributed by atoms with Gasteiger partial charge in [-0.1, -0.05) is 24.6 Å². The van der Waals surface area contributed by atoms with Crippen molar-refractivity contribution >= 4 is 11.6 Å². The smallest absolute Gasteiger partial charge is 0.0172 e. The molecule has 0 fully saturated rings. The first-order valence-corrected chi connectivity index (χ1v) is 4.39. The van der Waals surface area contributed by atoms with E-state index in [1.165, 1.54) is 0 Å². The molecule has 0 aliphatic heterocycles. The van der Waals surface area contributed by atoms with Gasteiger partial charge in [0.15, 0.2) is 0 Å². The molecular weight excluding hydrogens is 160 g/mol. The SMILES string of the molecule is CCNCCN(C)C/C=C/Cl. The molecule has 66 valence electrons. The Hall–Kier alpha value is -0.0500. The lowest BCUT2D eigenvalue weighted by molar-refractivity contribution is 0.367. The molecule has 3 heteroatoms. The highest BCUT2D eigenvalue weighted by molar-refractivity contribution is 6.25. The minimum Gasteiger partial charge on any atom is -0.316 e. The molecule has 0 spiro atoms. The highest BCUT2D eigenvalue weighted by Gasteiger charge is 1.92. The van der Waals surface area contributed by atoms with Crippen molar-refractivity contribution in [2.24, 2.45) is 0 Å². The van der Waals surface area contributed by atoms with E-state index < -0.39 is 0 Å². The largest absolute Gasteiger partial charge is 0.316 e. The van der Waals surface area contributed by atoms with Crippen molar-refractivity contribution < 1.29 is 0 Å². The number of nitrogens with zero attached hydrogens (tertiary/aromatic N) is 1. The van der Waals surface area contributed by atoms with Gasteiger partial charge in [0.1, 0.15) is 0 Å². The van der Waals surface area contributed by atoms with Crippen LogP contribution in [0.3, 0.4) is 0 Å². The molecule has 0 aromatic carbocycles. The number of rotatable bonds is 6. The molecule has 0 aliphatic carbocycles. The Morgan fingerprint density at radius 3 is 2.82 bits per heavy atom. The topological polar surface area (TPSA) is 15.3 Å². The van der Waals surface area contributed by atoms with Gasteiger partial charge in [-0.05, 0) is 13.6 Å². The second-order valence-electron chi connectivity index (χ2n) is 2.48. The number of hydrogen-bond donors (Lipinski definition) is 1. The zero-order chi connectivity index (χ0) is 8.53. The van der Waals surface area contributed by atoms with E-state index in [9.17, 15) is 0 Å². The van der Waals surface area contributed by atoms with E-state index in [4.69, 9.17) is 11.6 Å². The van der Waals surface area contributed by atoms with E-state index in [2.05, 4.69) is 24.2 Å². The molecule has 0 saturated heterocycles. The lowest BCUT2D eigenvalue weighted by Crippen LogP contribution is -2.29. The predicted octanol–water partition coefficient (Wildman–Crippen LogP) is 1.28. The molecule has 0 saturated carbocycles. The average molecular weight is 177 g/mol. The number of likely N-dealkylation sites (N-methyl/N-ethyl adjacent to an activating group) is 2. The van der Waals surface area contributed by atoms with Gasteiger partial charge in [-0.3, -0.25) is 0 Å². The summed E-state index contributed by atoms with van der Waals surface area (Å²) in [6.45, 7) is 6.19. The number of hydrogen-bond acceptors (Lipinski definition) is 2. The summed E-state index contributed by atoms with van der Waals surface area (Å²) in [5.41, 5.74) is 1.56. The Morgan fingerprint density at radius 2 is 2.27 bits per heavy atom. The van der Waals surface area contributed by atoms with Gasteiger partial charge in [0, 0.05) is 25.2 Å². The van der Waals surface area contributed by atoms with Crippen LogP contribution in [-0.4, -0.2) is 38.1 Å². The number of halogens is 1. The third kappa shape index (κ3) is 7.85. The van der Waals surface area contributed by atoms with Crippen molar-refractivity contribution in [3.05, 3.63) is 11.6 Å². The first kappa shape index (κ1) is 11.0. The van der Waals surface area contributed by atoms with Crippen LogP contribution in [0.5, 0.6) is 0 Å². The normalized spacial score (nSPS) is 11.6. The Balaban J connectivity index is 3.15. The fourth-order valence-corrected chi connectivity index (χ4v) is 0.837. The molecule has 1 N–H and O–H groups in total. The second-order valence-corrected chi connectivity index (χ2v) is 2.73. The van der Waals surface area contributed by atoms with Crippen LogP contribution in [0, 0.1) is 0 Å². The van der Waals surface area contributed by atoms with E-state index in [1.807, 2.05) is 6.08 Å². The van der Waals surface area contributed by atoms with E-state index in [-0.39, 0.29) is 0 Å². The number of nitrogens with one attached hydrogen (secondary N) is 1. The molecule has 0 bridgehead atoms. The average Bonchev–Trinajstić information content (AvgIpc) is 2.01. The summed E-state index contributed by atoms with van der Waals surface area (Å²) in [6, 6.07) is 0. The molecule has 0 heterocycles. The van der Waals surface area contributed by atoms with Gasteiger partial charge in [0.25, 0.3) is 0 Å². The maximum Gasteiger partial charge on any atom is 0.0172 e. The maximum absolute atomic E-state index is 5.38. The summed E-state index contributed by atoms with van der Waals surface area (Å²) >= 11 is 5.38. The van der Waals surface area contributed by atoms with Crippen LogP contribution < -0.4 is 5.32 Å².